The second-order valence-electron chi connectivity index (χ2n) is 8.13. The van der Waals surface area contributed by atoms with E-state index in [1.165, 1.54) is 6.07 Å². The molecule has 1 aliphatic heterocycles. The topological polar surface area (TPSA) is 88.8 Å². The van der Waals surface area contributed by atoms with Crippen molar-refractivity contribution in [2.24, 2.45) is 0 Å². The Morgan fingerprint density at radius 2 is 2.06 bits per heavy atom. The highest BCUT2D eigenvalue weighted by Gasteiger charge is 2.32. The number of carboxylic acid groups (broad SMARTS) is 1. The summed E-state index contributed by atoms with van der Waals surface area (Å²) >= 11 is 0. The van der Waals surface area contributed by atoms with Gasteiger partial charge in [-0.15, -0.1) is 0 Å². The van der Waals surface area contributed by atoms with E-state index in [0.717, 1.165) is 11.1 Å². The summed E-state index contributed by atoms with van der Waals surface area (Å²) in [6.45, 7) is 0.319. The molecule has 166 valence electrons. The first-order chi connectivity index (χ1) is 16.0. The number of halogens is 1. The van der Waals surface area contributed by atoms with Gasteiger partial charge in [-0.1, -0.05) is 12.1 Å². The van der Waals surface area contributed by atoms with Crippen LogP contribution in [0, 0.1) is 17.1 Å². The van der Waals surface area contributed by atoms with Gasteiger partial charge in [0.05, 0.1) is 24.7 Å². The Bertz CT molecular complexity index is 1280. The average Bonchev–Trinajstić information content (AvgIpc) is 3.40. The number of hydrogen-bond acceptors (Lipinski definition) is 5. The first-order valence-electron chi connectivity index (χ1n) is 10.7. The van der Waals surface area contributed by atoms with Gasteiger partial charge < -0.3 is 19.3 Å². The molecule has 1 aliphatic carbocycles. The number of carboxylic acids is 1. The first-order valence-corrected chi connectivity index (χ1v) is 10.7. The lowest BCUT2D eigenvalue weighted by Gasteiger charge is -2.17. The van der Waals surface area contributed by atoms with E-state index in [2.05, 4.69) is 6.07 Å². The van der Waals surface area contributed by atoms with Gasteiger partial charge in [0.25, 0.3) is 0 Å². The van der Waals surface area contributed by atoms with Gasteiger partial charge in [0.2, 0.25) is 0 Å². The number of hydrogen-bond donors (Lipinski definition) is 1. The summed E-state index contributed by atoms with van der Waals surface area (Å²) in [5, 5.41) is 18.2. The van der Waals surface area contributed by atoms with Crippen molar-refractivity contribution in [3.63, 3.8) is 0 Å². The SMILES string of the molecule is N#Cc1cccc(Oc2ccc(F)c3c2CC[C@H]3Oc2ccc3c(c2)OCC3CC(=O)O)c1. The van der Waals surface area contributed by atoms with Gasteiger partial charge in [-0.25, -0.2) is 4.39 Å². The number of aliphatic carboxylic acids is 1. The number of nitriles is 1. The minimum absolute atomic E-state index is 0.00840. The lowest BCUT2D eigenvalue weighted by atomic mass is 9.98. The summed E-state index contributed by atoms with van der Waals surface area (Å²) in [4.78, 5) is 11.0. The Hall–Kier alpha value is -4.05. The summed E-state index contributed by atoms with van der Waals surface area (Å²) in [5.74, 6) is 0.786. The Morgan fingerprint density at radius 1 is 1.18 bits per heavy atom. The Labute approximate surface area is 189 Å². The monoisotopic (exact) mass is 445 g/mol. The van der Waals surface area contributed by atoms with Crippen molar-refractivity contribution >= 4 is 5.97 Å². The molecule has 6 nitrogen and oxygen atoms in total. The normalized spacial score (nSPS) is 18.1. The third-order valence-electron chi connectivity index (χ3n) is 5.99. The van der Waals surface area contributed by atoms with E-state index in [-0.39, 0.29) is 18.2 Å². The summed E-state index contributed by atoms with van der Waals surface area (Å²) in [6.07, 6.45) is 0.703. The molecule has 2 atom stereocenters. The van der Waals surface area contributed by atoms with Gasteiger partial charge in [0.1, 0.15) is 34.9 Å². The highest BCUT2D eigenvalue weighted by Crippen LogP contribution is 2.44. The van der Waals surface area contributed by atoms with Crippen molar-refractivity contribution < 1.29 is 28.5 Å². The molecule has 0 saturated heterocycles. The smallest absolute Gasteiger partial charge is 0.304 e. The van der Waals surface area contributed by atoms with Gasteiger partial charge >= 0.3 is 5.97 Å². The molecule has 5 rings (SSSR count). The maximum absolute atomic E-state index is 14.8. The molecule has 1 N–H and O–H groups in total. The molecular formula is C26H20FNO5. The summed E-state index contributed by atoms with van der Waals surface area (Å²) < 4.78 is 32.6. The lowest BCUT2D eigenvalue weighted by Crippen LogP contribution is -2.07. The molecule has 3 aromatic rings. The van der Waals surface area contributed by atoms with Crippen molar-refractivity contribution in [1.29, 1.82) is 5.26 Å². The van der Waals surface area contributed by atoms with Crippen LogP contribution < -0.4 is 14.2 Å². The van der Waals surface area contributed by atoms with Crippen molar-refractivity contribution in [2.45, 2.75) is 31.3 Å². The Morgan fingerprint density at radius 3 is 2.88 bits per heavy atom. The third-order valence-corrected chi connectivity index (χ3v) is 5.99. The van der Waals surface area contributed by atoms with Gasteiger partial charge in [0, 0.05) is 28.7 Å². The molecular weight excluding hydrogens is 425 g/mol. The molecule has 0 amide bonds. The fraction of sp³-hybridized carbons (Fsp3) is 0.231. The largest absolute Gasteiger partial charge is 0.492 e. The predicted molar refractivity (Wildman–Crippen MR) is 116 cm³/mol. The zero-order valence-electron chi connectivity index (χ0n) is 17.6. The fourth-order valence-electron chi connectivity index (χ4n) is 4.49. The van der Waals surface area contributed by atoms with Gasteiger partial charge in [0.15, 0.2) is 0 Å². The second-order valence-corrected chi connectivity index (χ2v) is 8.13. The molecule has 2 aliphatic rings. The standard InChI is InChI=1S/C26H20FNO5/c27-21-7-9-22(32-17-3-1-2-15(10-17)13-28)20-6-8-23(26(20)21)33-18-4-5-19-16(11-25(29)30)14-31-24(19)12-18/h1-5,7,9-10,12,16,23H,6,8,11,14H2,(H,29,30)/t16?,23-/m1/s1. The third kappa shape index (κ3) is 4.08. The maximum atomic E-state index is 14.8. The van der Waals surface area contributed by atoms with Crippen LogP contribution in [0.15, 0.2) is 54.6 Å². The molecule has 3 aromatic carbocycles. The molecule has 1 heterocycles. The number of ether oxygens (including phenoxy) is 3. The van der Waals surface area contributed by atoms with Crippen molar-refractivity contribution in [2.75, 3.05) is 6.61 Å². The zero-order chi connectivity index (χ0) is 22.9. The zero-order valence-corrected chi connectivity index (χ0v) is 17.6. The molecule has 7 heteroatoms. The van der Waals surface area contributed by atoms with E-state index in [0.29, 0.717) is 53.6 Å². The summed E-state index contributed by atoms with van der Waals surface area (Å²) in [7, 11) is 0. The molecule has 0 saturated carbocycles. The Balaban J connectivity index is 1.38. The van der Waals surface area contributed by atoms with Crippen LogP contribution >= 0.6 is 0 Å². The van der Waals surface area contributed by atoms with Crippen LogP contribution in [0.4, 0.5) is 4.39 Å². The molecule has 1 unspecified atom stereocenters. The van der Waals surface area contributed by atoms with E-state index >= 15 is 0 Å². The van der Waals surface area contributed by atoms with Crippen LogP contribution in [0.1, 0.15) is 47.1 Å². The van der Waals surface area contributed by atoms with Crippen LogP contribution in [0.25, 0.3) is 0 Å². The lowest BCUT2D eigenvalue weighted by molar-refractivity contribution is -0.137. The van der Waals surface area contributed by atoms with Crippen LogP contribution in [0.2, 0.25) is 0 Å². The number of nitrogens with zero attached hydrogens (tertiary/aromatic N) is 1. The molecule has 0 aromatic heterocycles. The predicted octanol–water partition coefficient (Wildman–Crippen LogP) is 5.51. The van der Waals surface area contributed by atoms with Crippen LogP contribution in [-0.2, 0) is 11.2 Å². The van der Waals surface area contributed by atoms with Gasteiger partial charge in [-0.3, -0.25) is 4.79 Å². The quantitative estimate of drug-likeness (QED) is 0.538. The van der Waals surface area contributed by atoms with E-state index in [4.69, 9.17) is 24.6 Å². The number of fused-ring (bicyclic) bond motifs is 2. The van der Waals surface area contributed by atoms with Crippen molar-refractivity contribution in [3.05, 3.63) is 82.7 Å². The highest BCUT2D eigenvalue weighted by molar-refractivity contribution is 5.68. The molecule has 33 heavy (non-hydrogen) atoms. The van der Waals surface area contributed by atoms with E-state index < -0.39 is 12.1 Å². The number of rotatable bonds is 6. The van der Waals surface area contributed by atoms with Gasteiger partial charge in [-0.05, 0) is 49.2 Å². The maximum Gasteiger partial charge on any atom is 0.304 e. The number of carbonyl (C=O) groups is 1. The minimum Gasteiger partial charge on any atom is -0.492 e. The molecule has 0 bridgehead atoms. The van der Waals surface area contributed by atoms with Crippen LogP contribution in [0.3, 0.4) is 0 Å². The minimum atomic E-state index is -0.868. The van der Waals surface area contributed by atoms with E-state index in [1.54, 1.807) is 42.5 Å². The highest BCUT2D eigenvalue weighted by atomic mass is 19.1. The first kappa shape index (κ1) is 20.8. The second kappa shape index (κ2) is 8.47. The molecule has 0 fully saturated rings. The fourth-order valence-corrected chi connectivity index (χ4v) is 4.49. The molecule has 0 radical (unpaired) electrons. The van der Waals surface area contributed by atoms with Crippen molar-refractivity contribution in [3.8, 4) is 29.1 Å². The number of benzene rings is 3. The van der Waals surface area contributed by atoms with Crippen molar-refractivity contribution in [1.82, 2.24) is 0 Å². The van der Waals surface area contributed by atoms with Crippen LogP contribution in [-0.4, -0.2) is 17.7 Å². The summed E-state index contributed by atoms with van der Waals surface area (Å²) in [5.41, 5.74) is 2.55. The van der Waals surface area contributed by atoms with Gasteiger partial charge in [-0.2, -0.15) is 5.26 Å². The van der Waals surface area contributed by atoms with E-state index in [1.807, 2.05) is 6.07 Å². The Kier molecular flexibility index (Phi) is 5.35. The van der Waals surface area contributed by atoms with E-state index in [9.17, 15) is 9.18 Å². The van der Waals surface area contributed by atoms with Crippen LogP contribution in [0.5, 0.6) is 23.0 Å². The summed E-state index contributed by atoms with van der Waals surface area (Å²) in [6, 6.07) is 17.2. The molecule has 0 spiro atoms. The average molecular weight is 445 g/mol.